The Morgan fingerprint density at radius 3 is 1.19 bits per heavy atom. The Hall–Kier alpha value is -3.88. The van der Waals surface area contributed by atoms with E-state index in [1.54, 1.807) is 109 Å². The van der Waals surface area contributed by atoms with E-state index in [1.165, 1.54) is 0 Å². The van der Waals surface area contributed by atoms with Crippen molar-refractivity contribution in [2.75, 3.05) is 9.44 Å². The number of benzene rings is 4. The summed E-state index contributed by atoms with van der Waals surface area (Å²) in [5, 5.41) is 0. The number of hydrogen-bond donors (Lipinski definition) is 2. The van der Waals surface area contributed by atoms with Crippen LogP contribution in [0, 0.1) is 13.8 Å². The van der Waals surface area contributed by atoms with Crippen molar-refractivity contribution in [3.63, 3.8) is 0 Å². The molecule has 0 fully saturated rings. The Labute approximate surface area is 212 Å². The summed E-state index contributed by atoms with van der Waals surface area (Å²) in [7, 11) is -7.55. The topological polar surface area (TPSA) is 92.3 Å². The van der Waals surface area contributed by atoms with Crippen LogP contribution in [0.2, 0.25) is 0 Å². The van der Waals surface area contributed by atoms with Crippen LogP contribution in [0.15, 0.2) is 107 Å². The number of rotatable bonds is 8. The van der Waals surface area contributed by atoms with Crippen molar-refractivity contribution in [3.05, 3.63) is 119 Å². The molecule has 0 aliphatic rings. The van der Waals surface area contributed by atoms with Gasteiger partial charge in [0.2, 0.25) is 0 Å². The monoisotopic (exact) mass is 518 g/mol. The summed E-state index contributed by atoms with van der Waals surface area (Å²) in [5.41, 5.74) is 4.01. The Kier molecular flexibility index (Phi) is 7.28. The molecule has 4 aromatic carbocycles. The quantitative estimate of drug-likeness (QED) is 0.277. The number of hydrogen-bond acceptors (Lipinski definition) is 4. The van der Waals surface area contributed by atoms with Crippen LogP contribution < -0.4 is 9.44 Å². The van der Waals surface area contributed by atoms with Crippen molar-refractivity contribution in [3.8, 4) is 0 Å². The van der Waals surface area contributed by atoms with E-state index in [2.05, 4.69) is 9.44 Å². The highest BCUT2D eigenvalue weighted by molar-refractivity contribution is 7.93. The summed E-state index contributed by atoms with van der Waals surface area (Å²) in [5.74, 6) is 0. The lowest BCUT2D eigenvalue weighted by molar-refractivity contribution is 0.599. The van der Waals surface area contributed by atoms with Gasteiger partial charge in [0.05, 0.1) is 21.2 Å². The molecule has 4 aromatic rings. The average Bonchev–Trinajstić information content (AvgIpc) is 2.84. The minimum atomic E-state index is -3.78. The molecule has 0 spiro atoms. The van der Waals surface area contributed by atoms with Gasteiger partial charge in [-0.05, 0) is 61.4 Å². The molecule has 0 bridgehead atoms. The van der Waals surface area contributed by atoms with Gasteiger partial charge in [-0.15, -0.1) is 0 Å². The molecule has 36 heavy (non-hydrogen) atoms. The van der Waals surface area contributed by atoms with Crippen molar-refractivity contribution in [1.82, 2.24) is 0 Å². The Balaban J connectivity index is 1.60. The molecule has 0 aliphatic heterocycles. The summed E-state index contributed by atoms with van der Waals surface area (Å²) < 4.78 is 56.9. The van der Waals surface area contributed by atoms with Gasteiger partial charge in [0.25, 0.3) is 20.0 Å². The van der Waals surface area contributed by atoms with Crippen LogP contribution in [0.1, 0.15) is 22.3 Å². The van der Waals surface area contributed by atoms with Crippen LogP contribution in [-0.4, -0.2) is 16.8 Å². The van der Waals surface area contributed by atoms with Gasteiger partial charge < -0.3 is 0 Å². The first-order chi connectivity index (χ1) is 17.1. The SMILES string of the molecule is Cc1ccc(S(=O)(=O)Nc2ccccc2/C=C/c2ccccc2NS(=O)(=O)c2ccc(C)cc2)cc1. The van der Waals surface area contributed by atoms with Gasteiger partial charge in [-0.1, -0.05) is 83.9 Å². The number of sulfonamides is 2. The number of nitrogens with one attached hydrogen (secondary N) is 2. The van der Waals surface area contributed by atoms with Crippen LogP contribution in [0.3, 0.4) is 0 Å². The zero-order chi connectivity index (χ0) is 25.8. The highest BCUT2D eigenvalue weighted by atomic mass is 32.2. The largest absolute Gasteiger partial charge is 0.279 e. The molecule has 0 saturated heterocycles. The maximum Gasteiger partial charge on any atom is 0.261 e. The lowest BCUT2D eigenvalue weighted by atomic mass is 10.1. The Bertz CT molecular complexity index is 1490. The molecule has 0 radical (unpaired) electrons. The standard InChI is InChI=1S/C28H26N2O4S2/c1-21-11-17-25(18-12-21)35(31,32)29-27-9-5-3-7-23(27)15-16-24-8-4-6-10-28(24)30-36(33,34)26-19-13-22(2)14-20-26/h3-20,29-30H,1-2H3/b16-15+. The molecular formula is C28H26N2O4S2. The predicted molar refractivity (Wildman–Crippen MR) is 146 cm³/mol. The molecule has 0 aromatic heterocycles. The average molecular weight is 519 g/mol. The third-order valence-corrected chi connectivity index (χ3v) is 8.28. The first kappa shape index (κ1) is 25.2. The molecule has 0 saturated carbocycles. The van der Waals surface area contributed by atoms with E-state index in [0.717, 1.165) is 11.1 Å². The first-order valence-electron chi connectivity index (χ1n) is 11.2. The van der Waals surface area contributed by atoms with E-state index >= 15 is 0 Å². The highest BCUT2D eigenvalue weighted by Crippen LogP contribution is 2.25. The predicted octanol–water partition coefficient (Wildman–Crippen LogP) is 6.08. The van der Waals surface area contributed by atoms with Gasteiger partial charge in [-0.2, -0.15) is 0 Å². The van der Waals surface area contributed by atoms with Crippen molar-refractivity contribution >= 4 is 43.6 Å². The first-order valence-corrected chi connectivity index (χ1v) is 14.2. The molecule has 0 amide bonds. The van der Waals surface area contributed by atoms with Gasteiger partial charge in [0.15, 0.2) is 0 Å². The van der Waals surface area contributed by atoms with Crippen LogP contribution >= 0.6 is 0 Å². The third kappa shape index (κ3) is 6.02. The van der Waals surface area contributed by atoms with Crippen LogP contribution in [0.5, 0.6) is 0 Å². The van der Waals surface area contributed by atoms with E-state index in [9.17, 15) is 16.8 Å². The Morgan fingerprint density at radius 2 is 0.833 bits per heavy atom. The van der Waals surface area contributed by atoms with Crippen molar-refractivity contribution < 1.29 is 16.8 Å². The molecule has 0 aliphatic carbocycles. The molecular weight excluding hydrogens is 492 g/mol. The molecule has 2 N–H and O–H groups in total. The van der Waals surface area contributed by atoms with Crippen LogP contribution in [0.25, 0.3) is 12.2 Å². The second-order valence-corrected chi connectivity index (χ2v) is 11.7. The van der Waals surface area contributed by atoms with Crippen molar-refractivity contribution in [1.29, 1.82) is 0 Å². The van der Waals surface area contributed by atoms with Gasteiger partial charge in [-0.25, -0.2) is 16.8 Å². The van der Waals surface area contributed by atoms with Gasteiger partial charge in [-0.3, -0.25) is 9.44 Å². The lowest BCUT2D eigenvalue weighted by Crippen LogP contribution is -2.14. The van der Waals surface area contributed by atoms with E-state index in [4.69, 9.17) is 0 Å². The van der Waals surface area contributed by atoms with Gasteiger partial charge >= 0.3 is 0 Å². The van der Waals surface area contributed by atoms with E-state index in [0.29, 0.717) is 22.5 Å². The smallest absolute Gasteiger partial charge is 0.261 e. The summed E-state index contributed by atoms with van der Waals surface area (Å²) in [6, 6.07) is 27.2. The second-order valence-electron chi connectivity index (χ2n) is 8.34. The molecule has 8 heteroatoms. The molecule has 0 unspecified atom stereocenters. The van der Waals surface area contributed by atoms with Crippen molar-refractivity contribution in [2.24, 2.45) is 0 Å². The zero-order valence-electron chi connectivity index (χ0n) is 19.8. The van der Waals surface area contributed by atoms with Crippen LogP contribution in [-0.2, 0) is 20.0 Å². The normalized spacial score (nSPS) is 11.9. The number of para-hydroxylation sites is 2. The summed E-state index contributed by atoms with van der Waals surface area (Å²) in [6.45, 7) is 3.78. The molecule has 184 valence electrons. The van der Waals surface area contributed by atoms with Gasteiger partial charge in [0, 0.05) is 0 Å². The second kappa shape index (κ2) is 10.4. The molecule has 4 rings (SSSR count). The van der Waals surface area contributed by atoms with Crippen molar-refractivity contribution in [2.45, 2.75) is 23.6 Å². The molecule has 0 heterocycles. The highest BCUT2D eigenvalue weighted by Gasteiger charge is 2.16. The summed E-state index contributed by atoms with van der Waals surface area (Å²) in [4.78, 5) is 0.338. The van der Waals surface area contributed by atoms with E-state index in [-0.39, 0.29) is 9.79 Å². The fourth-order valence-electron chi connectivity index (χ4n) is 3.49. The fraction of sp³-hybridized carbons (Fsp3) is 0.0714. The summed E-state index contributed by atoms with van der Waals surface area (Å²) in [6.07, 6.45) is 3.48. The van der Waals surface area contributed by atoms with Gasteiger partial charge in [0.1, 0.15) is 0 Å². The van der Waals surface area contributed by atoms with Crippen LogP contribution in [0.4, 0.5) is 11.4 Å². The number of aryl methyl sites for hydroxylation is 2. The zero-order valence-corrected chi connectivity index (χ0v) is 21.5. The van der Waals surface area contributed by atoms with E-state index < -0.39 is 20.0 Å². The number of anilines is 2. The maximum absolute atomic E-state index is 12.9. The minimum absolute atomic E-state index is 0.169. The fourth-order valence-corrected chi connectivity index (χ4v) is 5.67. The van der Waals surface area contributed by atoms with E-state index in [1.807, 2.05) is 13.8 Å². The Morgan fingerprint density at radius 1 is 0.500 bits per heavy atom. The third-order valence-electron chi connectivity index (χ3n) is 5.52. The lowest BCUT2D eigenvalue weighted by Gasteiger charge is -2.12. The molecule has 0 atom stereocenters. The maximum atomic E-state index is 12.9. The summed E-state index contributed by atoms with van der Waals surface area (Å²) >= 11 is 0. The minimum Gasteiger partial charge on any atom is -0.279 e. The molecule has 6 nitrogen and oxygen atoms in total.